The van der Waals surface area contributed by atoms with Crippen LogP contribution in [0.15, 0.2) is 54.6 Å². The molecule has 6 heteroatoms. The highest BCUT2D eigenvalue weighted by molar-refractivity contribution is 5.95. The Kier molecular flexibility index (Phi) is 6.63. The Balaban J connectivity index is 1.69. The summed E-state index contributed by atoms with van der Waals surface area (Å²) >= 11 is 0. The average molecular weight is 391 g/mol. The van der Waals surface area contributed by atoms with Gasteiger partial charge in [0.25, 0.3) is 11.8 Å². The summed E-state index contributed by atoms with van der Waals surface area (Å²) in [6, 6.07) is 18.0. The Morgan fingerprint density at radius 2 is 1.79 bits per heavy atom. The van der Waals surface area contributed by atoms with Crippen LogP contribution in [0.2, 0.25) is 0 Å². The van der Waals surface area contributed by atoms with Crippen LogP contribution < -0.4 is 5.32 Å². The van der Waals surface area contributed by atoms with E-state index in [0.29, 0.717) is 55.6 Å². The molecule has 0 aromatic heterocycles. The van der Waals surface area contributed by atoms with Crippen molar-refractivity contribution < 1.29 is 14.3 Å². The molecule has 0 unspecified atom stereocenters. The maximum atomic E-state index is 12.8. The summed E-state index contributed by atoms with van der Waals surface area (Å²) in [5.41, 5.74) is 1.20. The molecule has 3 rings (SSSR count). The van der Waals surface area contributed by atoms with Gasteiger partial charge in [0.05, 0.1) is 11.6 Å². The molecule has 0 saturated carbocycles. The highest BCUT2D eigenvalue weighted by Gasteiger charge is 2.37. The number of carbonyl (C=O) groups excluding carboxylic acids is 2. The van der Waals surface area contributed by atoms with Gasteiger partial charge in [-0.15, -0.1) is 0 Å². The van der Waals surface area contributed by atoms with Gasteiger partial charge in [-0.05, 0) is 49.6 Å². The van der Waals surface area contributed by atoms with Gasteiger partial charge in [0.15, 0.2) is 0 Å². The van der Waals surface area contributed by atoms with Crippen molar-refractivity contribution in [1.82, 2.24) is 10.2 Å². The van der Waals surface area contributed by atoms with E-state index >= 15 is 0 Å². The number of nitrogens with one attached hydrogen (secondary N) is 1. The van der Waals surface area contributed by atoms with Crippen molar-refractivity contribution in [1.29, 1.82) is 5.26 Å². The number of carbonyl (C=O) groups is 2. The van der Waals surface area contributed by atoms with Gasteiger partial charge in [-0.3, -0.25) is 9.59 Å². The maximum Gasteiger partial charge on any atom is 0.253 e. The van der Waals surface area contributed by atoms with Crippen LogP contribution in [0.25, 0.3) is 0 Å². The second-order valence-electron chi connectivity index (χ2n) is 7.33. The van der Waals surface area contributed by atoms with Gasteiger partial charge in [-0.2, -0.15) is 5.26 Å². The van der Waals surface area contributed by atoms with Gasteiger partial charge in [0.1, 0.15) is 0 Å². The number of hydrogen-bond donors (Lipinski definition) is 1. The summed E-state index contributed by atoms with van der Waals surface area (Å²) in [6.07, 6.45) is 1.99. The molecule has 0 bridgehead atoms. The molecule has 0 spiro atoms. The van der Waals surface area contributed by atoms with Crippen LogP contribution in [0.5, 0.6) is 0 Å². The summed E-state index contributed by atoms with van der Waals surface area (Å²) < 4.78 is 5.26. The number of nitrogens with zero attached hydrogens (tertiary/aromatic N) is 2. The molecule has 2 aromatic carbocycles. The fourth-order valence-electron chi connectivity index (χ4n) is 3.68. The summed E-state index contributed by atoms with van der Waals surface area (Å²) in [4.78, 5) is 27.4. The zero-order chi connectivity index (χ0) is 20.7. The van der Waals surface area contributed by atoms with Crippen molar-refractivity contribution in [2.75, 3.05) is 26.8 Å². The second-order valence-corrected chi connectivity index (χ2v) is 7.33. The van der Waals surface area contributed by atoms with E-state index in [1.54, 1.807) is 48.4 Å². The van der Waals surface area contributed by atoms with Crippen molar-refractivity contribution in [2.24, 2.45) is 0 Å². The first-order chi connectivity index (χ1) is 14.1. The number of rotatable bonds is 6. The molecule has 0 radical (unpaired) electrons. The smallest absolute Gasteiger partial charge is 0.253 e. The minimum absolute atomic E-state index is 0.0863. The predicted octanol–water partition coefficient (Wildman–Crippen LogP) is 3.00. The van der Waals surface area contributed by atoms with Gasteiger partial charge < -0.3 is 15.0 Å². The van der Waals surface area contributed by atoms with Crippen LogP contribution in [0.1, 0.15) is 45.5 Å². The van der Waals surface area contributed by atoms with E-state index in [2.05, 4.69) is 11.4 Å². The normalized spacial score (nSPS) is 15.4. The van der Waals surface area contributed by atoms with Gasteiger partial charge in [-0.1, -0.05) is 24.3 Å². The number of amides is 2. The predicted molar refractivity (Wildman–Crippen MR) is 109 cm³/mol. The molecule has 29 heavy (non-hydrogen) atoms. The van der Waals surface area contributed by atoms with E-state index < -0.39 is 5.54 Å². The molecule has 6 nitrogen and oxygen atoms in total. The van der Waals surface area contributed by atoms with Crippen molar-refractivity contribution in [2.45, 2.75) is 24.8 Å². The van der Waals surface area contributed by atoms with E-state index in [-0.39, 0.29) is 11.8 Å². The lowest BCUT2D eigenvalue weighted by atomic mass is 9.84. The molecular weight excluding hydrogens is 366 g/mol. The Labute approximate surface area is 171 Å². The minimum Gasteiger partial charge on any atom is -0.385 e. The van der Waals surface area contributed by atoms with E-state index in [1.165, 1.54) is 0 Å². The van der Waals surface area contributed by atoms with E-state index in [9.17, 15) is 9.59 Å². The van der Waals surface area contributed by atoms with Crippen LogP contribution in [-0.2, 0) is 4.74 Å². The largest absolute Gasteiger partial charge is 0.385 e. The Hall–Kier alpha value is -3.17. The number of nitriles is 1. The number of likely N-dealkylation sites (tertiary alicyclic amines) is 1. The summed E-state index contributed by atoms with van der Waals surface area (Å²) in [5, 5.41) is 12.3. The van der Waals surface area contributed by atoms with Crippen molar-refractivity contribution in [3.8, 4) is 6.07 Å². The molecule has 1 aliphatic rings. The highest BCUT2D eigenvalue weighted by atomic mass is 16.5. The number of methoxy groups -OCH3 is 1. The molecule has 150 valence electrons. The Morgan fingerprint density at radius 3 is 2.45 bits per heavy atom. The monoisotopic (exact) mass is 391 g/mol. The maximum absolute atomic E-state index is 12.8. The molecule has 2 aromatic rings. The zero-order valence-electron chi connectivity index (χ0n) is 16.6. The van der Waals surface area contributed by atoms with Crippen LogP contribution in [0, 0.1) is 11.3 Å². The quantitative estimate of drug-likeness (QED) is 0.821. The highest BCUT2D eigenvalue weighted by Crippen LogP contribution is 2.27. The van der Waals surface area contributed by atoms with Crippen molar-refractivity contribution >= 4 is 11.8 Å². The van der Waals surface area contributed by atoms with Crippen molar-refractivity contribution in [3.05, 3.63) is 71.3 Å². The van der Waals surface area contributed by atoms with E-state index in [4.69, 9.17) is 10.00 Å². The SMILES string of the molecule is COCCC1(NC(=O)c2ccccc2)CCN(C(=O)c2cccc(C#N)c2)CC1. The lowest BCUT2D eigenvalue weighted by Gasteiger charge is -2.42. The number of benzene rings is 2. The number of hydrogen-bond acceptors (Lipinski definition) is 4. The third-order valence-electron chi connectivity index (χ3n) is 5.45. The van der Waals surface area contributed by atoms with Crippen molar-refractivity contribution in [3.63, 3.8) is 0 Å². The fourth-order valence-corrected chi connectivity index (χ4v) is 3.68. The standard InChI is InChI=1S/C23H25N3O3/c1-29-15-12-23(25-21(27)19-7-3-2-4-8-19)10-13-26(14-11-23)22(28)20-9-5-6-18(16-20)17-24/h2-9,16H,10-15H2,1H3,(H,25,27). The number of piperidine rings is 1. The van der Waals surface area contributed by atoms with E-state index in [0.717, 1.165) is 0 Å². The van der Waals surface area contributed by atoms with Crippen LogP contribution in [0.4, 0.5) is 0 Å². The van der Waals surface area contributed by atoms with Gasteiger partial charge >= 0.3 is 0 Å². The zero-order valence-corrected chi connectivity index (χ0v) is 16.6. The topological polar surface area (TPSA) is 82.4 Å². The van der Waals surface area contributed by atoms with Crippen LogP contribution >= 0.6 is 0 Å². The summed E-state index contributed by atoms with van der Waals surface area (Å²) in [7, 11) is 1.65. The Bertz CT molecular complexity index is 897. The molecule has 0 aliphatic carbocycles. The minimum atomic E-state index is -0.409. The fraction of sp³-hybridized carbons (Fsp3) is 0.348. The van der Waals surface area contributed by atoms with Gasteiger partial charge in [-0.25, -0.2) is 0 Å². The Morgan fingerprint density at radius 1 is 1.10 bits per heavy atom. The molecule has 1 aliphatic heterocycles. The van der Waals surface area contributed by atoms with E-state index in [1.807, 2.05) is 18.2 Å². The summed E-state index contributed by atoms with van der Waals surface area (Å²) in [6.45, 7) is 1.61. The van der Waals surface area contributed by atoms with Gasteiger partial charge in [0.2, 0.25) is 0 Å². The van der Waals surface area contributed by atoms with Crippen LogP contribution in [-0.4, -0.2) is 49.1 Å². The molecule has 2 amide bonds. The van der Waals surface area contributed by atoms with Crippen LogP contribution in [0.3, 0.4) is 0 Å². The third kappa shape index (κ3) is 5.01. The molecule has 1 N–H and O–H groups in total. The molecule has 1 heterocycles. The lowest BCUT2D eigenvalue weighted by molar-refractivity contribution is 0.0559. The lowest BCUT2D eigenvalue weighted by Crippen LogP contribution is -2.56. The average Bonchev–Trinajstić information content (AvgIpc) is 2.78. The first-order valence-corrected chi connectivity index (χ1v) is 9.73. The number of ether oxygens (including phenoxy) is 1. The first-order valence-electron chi connectivity index (χ1n) is 9.73. The molecule has 1 fully saturated rings. The molecular formula is C23H25N3O3. The third-order valence-corrected chi connectivity index (χ3v) is 5.45. The van der Waals surface area contributed by atoms with Gasteiger partial charge in [0, 0.05) is 43.5 Å². The second kappa shape index (κ2) is 9.35. The molecule has 1 saturated heterocycles. The first kappa shape index (κ1) is 20.6. The molecule has 0 atom stereocenters. The summed E-state index contributed by atoms with van der Waals surface area (Å²) in [5.74, 6) is -0.194.